The molecular weight excluding hydrogens is 380 g/mol. The van der Waals surface area contributed by atoms with Crippen LogP contribution in [-0.4, -0.2) is 53.5 Å². The fourth-order valence-electron chi connectivity index (χ4n) is 3.76. The summed E-state index contributed by atoms with van der Waals surface area (Å²) in [5, 5.41) is 10.5. The van der Waals surface area contributed by atoms with Crippen molar-refractivity contribution in [2.24, 2.45) is 0 Å². The quantitative estimate of drug-likeness (QED) is 0.805. The Kier molecular flexibility index (Phi) is 6.92. The molecule has 2 amide bonds. The second-order valence-electron chi connectivity index (χ2n) is 7.70. The summed E-state index contributed by atoms with van der Waals surface area (Å²) >= 11 is 0. The van der Waals surface area contributed by atoms with E-state index in [1.54, 1.807) is 18.3 Å². The molecule has 7 nitrogen and oxygen atoms in total. The average molecular weight is 409 g/mol. The number of rotatable bonds is 5. The minimum atomic E-state index is -0.130. The minimum Gasteiger partial charge on any atom is -0.491 e. The van der Waals surface area contributed by atoms with Crippen LogP contribution in [0.15, 0.2) is 48.2 Å². The van der Waals surface area contributed by atoms with Crippen molar-refractivity contribution in [3.05, 3.63) is 53.7 Å². The fourth-order valence-corrected chi connectivity index (χ4v) is 3.76. The highest BCUT2D eigenvalue weighted by atomic mass is 16.5. The van der Waals surface area contributed by atoms with E-state index in [1.807, 2.05) is 17.0 Å². The van der Waals surface area contributed by atoms with Gasteiger partial charge in [-0.05, 0) is 61.9 Å². The normalized spacial score (nSPS) is 19.3. The van der Waals surface area contributed by atoms with Gasteiger partial charge in [-0.15, -0.1) is 5.10 Å². The van der Waals surface area contributed by atoms with Crippen LogP contribution in [0, 0.1) is 0 Å². The van der Waals surface area contributed by atoms with E-state index in [4.69, 9.17) is 9.47 Å². The maximum atomic E-state index is 12.4. The third kappa shape index (κ3) is 5.79. The van der Waals surface area contributed by atoms with E-state index >= 15 is 0 Å². The molecule has 2 aliphatic rings. The third-order valence-electron chi connectivity index (χ3n) is 5.44. The molecule has 2 saturated heterocycles. The molecule has 158 valence electrons. The first kappa shape index (κ1) is 20.3. The highest BCUT2D eigenvalue weighted by Gasteiger charge is 2.19. The molecule has 2 aromatic rings. The number of aromatic nitrogens is 2. The molecule has 1 aromatic carbocycles. The summed E-state index contributed by atoms with van der Waals surface area (Å²) in [5.74, 6) is 1.35. The highest BCUT2D eigenvalue weighted by molar-refractivity contribution is 5.88. The van der Waals surface area contributed by atoms with Crippen molar-refractivity contribution >= 4 is 17.9 Å². The molecule has 1 aromatic heterocycles. The number of hydrogen-bond acceptors (Lipinski definition) is 5. The third-order valence-corrected chi connectivity index (χ3v) is 5.44. The predicted molar refractivity (Wildman–Crippen MR) is 115 cm³/mol. The van der Waals surface area contributed by atoms with Gasteiger partial charge in [0.2, 0.25) is 0 Å². The van der Waals surface area contributed by atoms with Crippen LogP contribution < -0.4 is 10.1 Å². The zero-order valence-corrected chi connectivity index (χ0v) is 17.1. The van der Waals surface area contributed by atoms with Crippen LogP contribution in [0.3, 0.4) is 0 Å². The van der Waals surface area contributed by atoms with E-state index in [0.717, 1.165) is 43.6 Å². The van der Waals surface area contributed by atoms with Crippen LogP contribution in [0.4, 0.5) is 10.6 Å². The summed E-state index contributed by atoms with van der Waals surface area (Å²) in [6.07, 6.45) is 9.15. The first-order valence-corrected chi connectivity index (χ1v) is 10.6. The van der Waals surface area contributed by atoms with Gasteiger partial charge in [-0.1, -0.05) is 23.8 Å². The molecule has 0 spiro atoms. The molecule has 0 saturated carbocycles. The van der Waals surface area contributed by atoms with Gasteiger partial charge in [-0.3, -0.25) is 5.32 Å². The lowest BCUT2D eigenvalue weighted by atomic mass is 10.0. The van der Waals surface area contributed by atoms with Crippen molar-refractivity contribution in [2.45, 2.75) is 38.2 Å². The molecule has 0 radical (unpaired) electrons. The van der Waals surface area contributed by atoms with E-state index in [2.05, 4.69) is 33.7 Å². The van der Waals surface area contributed by atoms with Crippen LogP contribution in [0.25, 0.3) is 6.08 Å². The summed E-state index contributed by atoms with van der Waals surface area (Å²) < 4.78 is 11.7. The van der Waals surface area contributed by atoms with Gasteiger partial charge in [-0.25, -0.2) is 4.79 Å². The number of carbonyl (C=O) groups is 1. The number of ether oxygens (including phenoxy) is 2. The molecule has 2 fully saturated rings. The van der Waals surface area contributed by atoms with Crippen LogP contribution in [0.2, 0.25) is 0 Å². The fraction of sp³-hybridized carbons (Fsp3) is 0.435. The van der Waals surface area contributed by atoms with Crippen LogP contribution in [0.5, 0.6) is 5.75 Å². The Labute approximate surface area is 177 Å². The largest absolute Gasteiger partial charge is 0.491 e. The molecule has 2 aliphatic heterocycles. The number of nitrogens with one attached hydrogen (secondary N) is 1. The SMILES string of the molecule is O=C(Nc1cccnn1)N1CCC(=Cc2cccc(OCC3CCCCO3)c2)CC1. The van der Waals surface area contributed by atoms with Crippen LogP contribution in [-0.2, 0) is 4.74 Å². The number of benzene rings is 1. The Bertz CT molecular complexity index is 856. The highest BCUT2D eigenvalue weighted by Crippen LogP contribution is 2.23. The monoisotopic (exact) mass is 408 g/mol. The standard InChI is InChI=1S/C23H28N4O3/c28-23(25-22-8-4-11-24-26-22)27-12-9-18(10-13-27)15-19-5-3-7-20(16-19)30-17-21-6-1-2-14-29-21/h3-5,7-8,11,15-16,21H,1-2,6,9-10,12-14,17H2,(H,25,26,28). The molecule has 1 atom stereocenters. The molecule has 3 heterocycles. The lowest BCUT2D eigenvalue weighted by molar-refractivity contribution is -0.0110. The number of nitrogens with zero attached hydrogens (tertiary/aromatic N) is 3. The number of likely N-dealkylation sites (tertiary alicyclic amines) is 1. The number of urea groups is 1. The second kappa shape index (κ2) is 10.2. The summed E-state index contributed by atoms with van der Waals surface area (Å²) in [5.41, 5.74) is 2.47. The van der Waals surface area contributed by atoms with Crippen LogP contribution in [0.1, 0.15) is 37.7 Å². The van der Waals surface area contributed by atoms with Gasteiger partial charge in [-0.2, -0.15) is 5.10 Å². The molecule has 0 aliphatic carbocycles. The molecule has 1 N–H and O–H groups in total. The Morgan fingerprint density at radius 3 is 2.90 bits per heavy atom. The number of amides is 2. The van der Waals surface area contributed by atoms with Gasteiger partial charge in [0.25, 0.3) is 0 Å². The van der Waals surface area contributed by atoms with Gasteiger partial charge in [0.15, 0.2) is 5.82 Å². The topological polar surface area (TPSA) is 76.6 Å². The van der Waals surface area contributed by atoms with E-state index < -0.39 is 0 Å². The molecule has 1 unspecified atom stereocenters. The number of piperidine rings is 1. The maximum Gasteiger partial charge on any atom is 0.323 e. The van der Waals surface area contributed by atoms with E-state index in [1.165, 1.54) is 12.0 Å². The van der Waals surface area contributed by atoms with Crippen molar-refractivity contribution < 1.29 is 14.3 Å². The maximum absolute atomic E-state index is 12.4. The number of anilines is 1. The van der Waals surface area contributed by atoms with Crippen molar-refractivity contribution in [1.29, 1.82) is 0 Å². The van der Waals surface area contributed by atoms with Crippen LogP contribution >= 0.6 is 0 Å². The number of hydrogen-bond donors (Lipinski definition) is 1. The van der Waals surface area contributed by atoms with Gasteiger partial charge >= 0.3 is 6.03 Å². The minimum absolute atomic E-state index is 0.130. The van der Waals surface area contributed by atoms with Crippen molar-refractivity contribution in [3.63, 3.8) is 0 Å². The Morgan fingerprint density at radius 2 is 2.13 bits per heavy atom. The molecule has 0 bridgehead atoms. The molecule has 30 heavy (non-hydrogen) atoms. The molecule has 4 rings (SSSR count). The second-order valence-corrected chi connectivity index (χ2v) is 7.70. The zero-order chi connectivity index (χ0) is 20.6. The first-order chi connectivity index (χ1) is 14.8. The molecule has 7 heteroatoms. The number of carbonyl (C=O) groups excluding carboxylic acids is 1. The predicted octanol–water partition coefficient (Wildman–Crippen LogP) is 4.14. The summed E-state index contributed by atoms with van der Waals surface area (Å²) in [4.78, 5) is 14.2. The summed E-state index contributed by atoms with van der Waals surface area (Å²) in [6, 6.07) is 11.5. The van der Waals surface area contributed by atoms with Gasteiger partial charge in [0.1, 0.15) is 12.4 Å². The average Bonchev–Trinajstić information content (AvgIpc) is 2.80. The Balaban J connectivity index is 1.28. The van der Waals surface area contributed by atoms with Crippen molar-refractivity contribution in [1.82, 2.24) is 15.1 Å². The lowest BCUT2D eigenvalue weighted by Gasteiger charge is -2.28. The lowest BCUT2D eigenvalue weighted by Crippen LogP contribution is -2.39. The smallest absolute Gasteiger partial charge is 0.323 e. The summed E-state index contributed by atoms with van der Waals surface area (Å²) in [7, 11) is 0. The zero-order valence-electron chi connectivity index (χ0n) is 17.1. The Morgan fingerprint density at radius 1 is 1.23 bits per heavy atom. The van der Waals surface area contributed by atoms with E-state index in [-0.39, 0.29) is 12.1 Å². The summed E-state index contributed by atoms with van der Waals surface area (Å²) in [6.45, 7) is 2.82. The van der Waals surface area contributed by atoms with Gasteiger partial charge in [0.05, 0.1) is 6.10 Å². The Hall–Kier alpha value is -2.93. The van der Waals surface area contributed by atoms with E-state index in [0.29, 0.717) is 25.5 Å². The van der Waals surface area contributed by atoms with Crippen molar-refractivity contribution in [3.8, 4) is 5.75 Å². The van der Waals surface area contributed by atoms with Crippen molar-refractivity contribution in [2.75, 3.05) is 31.6 Å². The van der Waals surface area contributed by atoms with Gasteiger partial charge < -0.3 is 14.4 Å². The van der Waals surface area contributed by atoms with Gasteiger partial charge in [0, 0.05) is 25.9 Å². The first-order valence-electron chi connectivity index (χ1n) is 10.6. The molecular formula is C23H28N4O3. The van der Waals surface area contributed by atoms with E-state index in [9.17, 15) is 4.79 Å².